The van der Waals surface area contributed by atoms with Crippen molar-refractivity contribution < 1.29 is 22.7 Å². The van der Waals surface area contributed by atoms with Crippen molar-refractivity contribution in [3.8, 4) is 11.5 Å². The quantitative estimate of drug-likeness (QED) is 0.591. The fourth-order valence-electron chi connectivity index (χ4n) is 2.46. The fourth-order valence-corrected chi connectivity index (χ4v) is 3.51. The van der Waals surface area contributed by atoms with Gasteiger partial charge < -0.3 is 14.8 Å². The Kier molecular flexibility index (Phi) is 6.36. The lowest BCUT2D eigenvalue weighted by Gasteiger charge is -2.10. The Morgan fingerprint density at radius 3 is 2.07 bits per heavy atom. The number of para-hydroxylation sites is 1. The first kappa shape index (κ1) is 20.2. The van der Waals surface area contributed by atoms with Gasteiger partial charge >= 0.3 is 0 Å². The molecule has 3 rings (SSSR count). The number of hydrogen-bond donors (Lipinski definition) is 2. The highest BCUT2D eigenvalue weighted by molar-refractivity contribution is 7.92. The summed E-state index contributed by atoms with van der Waals surface area (Å²) in [6, 6.07) is 21.4. The summed E-state index contributed by atoms with van der Waals surface area (Å²) in [5, 5.41) is 2.70. The first-order valence-electron chi connectivity index (χ1n) is 8.71. The third-order valence-electron chi connectivity index (χ3n) is 3.90. The van der Waals surface area contributed by atoms with Crippen LogP contribution in [0.4, 0.5) is 11.4 Å². The highest BCUT2D eigenvalue weighted by atomic mass is 32.2. The first-order valence-corrected chi connectivity index (χ1v) is 10.2. The molecule has 0 bridgehead atoms. The maximum absolute atomic E-state index is 12.5. The number of hydrogen-bond acceptors (Lipinski definition) is 5. The number of rotatable bonds is 8. The average molecular weight is 412 g/mol. The maximum Gasteiger partial charge on any atom is 0.262 e. The van der Waals surface area contributed by atoms with Crippen molar-refractivity contribution >= 4 is 27.3 Å². The van der Waals surface area contributed by atoms with Crippen LogP contribution in [-0.2, 0) is 14.8 Å². The summed E-state index contributed by atoms with van der Waals surface area (Å²) in [5.74, 6) is 0.705. The van der Waals surface area contributed by atoms with Gasteiger partial charge in [-0.1, -0.05) is 18.2 Å². The molecule has 3 aromatic carbocycles. The van der Waals surface area contributed by atoms with Crippen LogP contribution in [-0.4, -0.2) is 28.0 Å². The summed E-state index contributed by atoms with van der Waals surface area (Å²) >= 11 is 0. The number of nitrogens with one attached hydrogen (secondary N) is 2. The van der Waals surface area contributed by atoms with Crippen molar-refractivity contribution in [2.75, 3.05) is 23.8 Å². The molecule has 29 heavy (non-hydrogen) atoms. The van der Waals surface area contributed by atoms with Crippen molar-refractivity contribution in [1.29, 1.82) is 0 Å². The van der Waals surface area contributed by atoms with Crippen molar-refractivity contribution in [3.05, 3.63) is 78.9 Å². The van der Waals surface area contributed by atoms with Gasteiger partial charge in [-0.15, -0.1) is 0 Å². The normalized spacial score (nSPS) is 10.8. The molecule has 0 aromatic heterocycles. The molecular formula is C21H20N2O5S. The van der Waals surface area contributed by atoms with Crippen molar-refractivity contribution in [3.63, 3.8) is 0 Å². The lowest BCUT2D eigenvalue weighted by Crippen LogP contribution is -2.20. The van der Waals surface area contributed by atoms with Crippen LogP contribution < -0.4 is 19.5 Å². The van der Waals surface area contributed by atoms with E-state index < -0.39 is 10.0 Å². The molecule has 0 aliphatic rings. The van der Waals surface area contributed by atoms with Crippen molar-refractivity contribution in [2.24, 2.45) is 0 Å². The Morgan fingerprint density at radius 1 is 0.828 bits per heavy atom. The number of ether oxygens (including phenoxy) is 2. The lowest BCUT2D eigenvalue weighted by molar-refractivity contribution is -0.118. The molecule has 0 fully saturated rings. The number of sulfonamides is 1. The second-order valence-corrected chi connectivity index (χ2v) is 7.69. The van der Waals surface area contributed by atoms with Crippen LogP contribution in [0.3, 0.4) is 0 Å². The highest BCUT2D eigenvalue weighted by Crippen LogP contribution is 2.21. The van der Waals surface area contributed by atoms with E-state index in [1.165, 1.54) is 31.4 Å². The van der Waals surface area contributed by atoms with Crippen LogP contribution in [0.2, 0.25) is 0 Å². The monoisotopic (exact) mass is 412 g/mol. The first-order chi connectivity index (χ1) is 14.0. The van der Waals surface area contributed by atoms with Gasteiger partial charge in [-0.05, 0) is 60.7 Å². The Hall–Kier alpha value is -3.52. The third kappa shape index (κ3) is 5.73. The minimum absolute atomic E-state index is 0.0782. The van der Waals surface area contributed by atoms with Gasteiger partial charge in [0.15, 0.2) is 6.61 Å². The summed E-state index contributed by atoms with van der Waals surface area (Å²) < 4.78 is 37.9. The van der Waals surface area contributed by atoms with Crippen LogP contribution in [0.5, 0.6) is 11.5 Å². The molecule has 0 aliphatic carbocycles. The average Bonchev–Trinajstić information content (AvgIpc) is 2.73. The fraction of sp³-hybridized carbons (Fsp3) is 0.0952. The number of carbonyl (C=O) groups is 1. The number of anilines is 2. The van der Waals surface area contributed by atoms with Gasteiger partial charge in [0, 0.05) is 11.4 Å². The smallest absolute Gasteiger partial charge is 0.262 e. The summed E-state index contributed by atoms with van der Waals surface area (Å²) in [6.07, 6.45) is 0. The number of carbonyl (C=O) groups excluding carboxylic acids is 1. The second kappa shape index (κ2) is 9.11. The van der Waals surface area contributed by atoms with E-state index in [9.17, 15) is 13.2 Å². The topological polar surface area (TPSA) is 93.7 Å². The van der Waals surface area contributed by atoms with Gasteiger partial charge in [0.05, 0.1) is 12.0 Å². The Balaban J connectivity index is 1.57. The predicted molar refractivity (Wildman–Crippen MR) is 111 cm³/mol. The van der Waals surface area contributed by atoms with E-state index in [1.54, 1.807) is 36.4 Å². The summed E-state index contributed by atoms with van der Waals surface area (Å²) in [6.45, 7) is -0.189. The Labute approximate surface area is 169 Å². The predicted octanol–water partition coefficient (Wildman–Crippen LogP) is 3.51. The van der Waals surface area contributed by atoms with Gasteiger partial charge in [0.2, 0.25) is 0 Å². The van der Waals surface area contributed by atoms with Gasteiger partial charge in [-0.3, -0.25) is 9.52 Å². The minimum atomic E-state index is -3.75. The number of benzene rings is 3. The summed E-state index contributed by atoms with van der Waals surface area (Å²) in [4.78, 5) is 12.0. The molecule has 150 valence electrons. The van der Waals surface area contributed by atoms with Crippen molar-refractivity contribution in [2.45, 2.75) is 4.90 Å². The molecule has 1 amide bonds. The maximum atomic E-state index is 12.5. The van der Waals surface area contributed by atoms with Crippen LogP contribution >= 0.6 is 0 Å². The lowest BCUT2D eigenvalue weighted by atomic mass is 10.3. The molecule has 7 nitrogen and oxygen atoms in total. The van der Waals surface area contributed by atoms with E-state index in [0.717, 1.165) is 0 Å². The SMILES string of the molecule is COc1ccc(NS(=O)(=O)c2ccc(OCC(=O)Nc3ccccc3)cc2)cc1. The molecule has 0 atom stereocenters. The molecule has 0 saturated heterocycles. The molecule has 8 heteroatoms. The van der Waals surface area contributed by atoms with E-state index in [2.05, 4.69) is 10.0 Å². The minimum Gasteiger partial charge on any atom is -0.497 e. The molecule has 0 spiro atoms. The largest absolute Gasteiger partial charge is 0.497 e. The third-order valence-corrected chi connectivity index (χ3v) is 5.30. The molecule has 3 aromatic rings. The molecule has 0 unspecified atom stereocenters. The van der Waals surface area contributed by atoms with Crippen molar-refractivity contribution in [1.82, 2.24) is 0 Å². The molecule has 0 aliphatic heterocycles. The van der Waals surface area contributed by atoms with E-state index in [4.69, 9.17) is 9.47 Å². The van der Waals surface area contributed by atoms with E-state index in [1.807, 2.05) is 18.2 Å². The molecule has 2 N–H and O–H groups in total. The summed E-state index contributed by atoms with van der Waals surface area (Å²) in [5.41, 5.74) is 1.09. The Morgan fingerprint density at radius 2 is 1.45 bits per heavy atom. The Bertz CT molecular complexity index is 1050. The molecule has 0 heterocycles. The van der Waals surface area contributed by atoms with Crippen LogP contribution in [0.1, 0.15) is 0 Å². The molecule has 0 saturated carbocycles. The zero-order valence-corrected chi connectivity index (χ0v) is 16.5. The number of methoxy groups -OCH3 is 1. The zero-order valence-electron chi connectivity index (χ0n) is 15.7. The molecule has 0 radical (unpaired) electrons. The highest BCUT2D eigenvalue weighted by Gasteiger charge is 2.14. The second-order valence-electron chi connectivity index (χ2n) is 6.01. The van der Waals surface area contributed by atoms with E-state index in [0.29, 0.717) is 22.9 Å². The van der Waals surface area contributed by atoms with Gasteiger partial charge in [-0.25, -0.2) is 8.42 Å². The molecular weight excluding hydrogens is 392 g/mol. The number of amides is 1. The van der Waals surface area contributed by atoms with Gasteiger partial charge in [0.25, 0.3) is 15.9 Å². The standard InChI is InChI=1S/C21H20N2O5S/c1-27-18-9-7-17(8-10-18)23-29(25,26)20-13-11-19(12-14-20)28-15-21(24)22-16-5-3-2-4-6-16/h2-14,23H,15H2,1H3,(H,22,24). The van der Waals surface area contributed by atoms with Gasteiger partial charge in [-0.2, -0.15) is 0 Å². The van der Waals surface area contributed by atoms with Gasteiger partial charge in [0.1, 0.15) is 11.5 Å². The summed E-state index contributed by atoms with van der Waals surface area (Å²) in [7, 11) is -2.21. The van der Waals surface area contributed by atoms with Crippen LogP contribution in [0.25, 0.3) is 0 Å². The van der Waals surface area contributed by atoms with Crippen LogP contribution in [0.15, 0.2) is 83.8 Å². The van der Waals surface area contributed by atoms with Crippen LogP contribution in [0, 0.1) is 0 Å². The van der Waals surface area contributed by atoms with E-state index in [-0.39, 0.29) is 17.4 Å². The zero-order chi connectivity index (χ0) is 20.7. The van der Waals surface area contributed by atoms with E-state index >= 15 is 0 Å².